The summed E-state index contributed by atoms with van der Waals surface area (Å²) in [5.41, 5.74) is 0.957. The topological polar surface area (TPSA) is 122 Å². The summed E-state index contributed by atoms with van der Waals surface area (Å²) in [7, 11) is -3.58. The largest absolute Gasteiger partial charge is 0.481 e. The number of hydrogen-bond donors (Lipinski definition) is 1. The number of likely N-dealkylation sites (tertiary alicyclic amines) is 1. The number of carboxylic acid groups (broad SMARTS) is 1. The van der Waals surface area contributed by atoms with Gasteiger partial charge in [-0.15, -0.1) is 0 Å². The molecule has 2 aliphatic heterocycles. The molecule has 1 aromatic carbocycles. The fraction of sp³-hybridized carbons (Fsp3) is 0.476. The van der Waals surface area contributed by atoms with Gasteiger partial charge in [0.25, 0.3) is 5.91 Å². The molecule has 0 aromatic heterocycles. The average molecular weight is 447 g/mol. The van der Waals surface area contributed by atoms with Crippen molar-refractivity contribution in [3.8, 4) is 6.07 Å². The molecule has 31 heavy (non-hydrogen) atoms. The van der Waals surface area contributed by atoms with Crippen molar-refractivity contribution in [1.82, 2.24) is 14.1 Å². The van der Waals surface area contributed by atoms with E-state index < -0.39 is 27.8 Å². The van der Waals surface area contributed by atoms with Crippen molar-refractivity contribution < 1.29 is 23.1 Å². The molecule has 3 rings (SSSR count). The number of aliphatic carboxylic acids is 1. The molecule has 0 radical (unpaired) electrons. The normalized spacial score (nSPS) is 19.2. The highest BCUT2D eigenvalue weighted by molar-refractivity contribution is 7.89. The molecule has 10 heteroatoms. The van der Waals surface area contributed by atoms with Gasteiger partial charge in [0.05, 0.1) is 10.8 Å². The molecule has 2 heterocycles. The highest BCUT2D eigenvalue weighted by Crippen LogP contribution is 2.21. The molecule has 0 bridgehead atoms. The predicted molar refractivity (Wildman–Crippen MR) is 112 cm³/mol. The third-order valence-electron chi connectivity index (χ3n) is 5.73. The van der Waals surface area contributed by atoms with Gasteiger partial charge in [-0.05, 0) is 31.9 Å². The molecule has 0 atom stereocenters. The Morgan fingerprint density at radius 3 is 2.16 bits per heavy atom. The van der Waals surface area contributed by atoms with Crippen LogP contribution in [0.4, 0.5) is 0 Å². The molecule has 2 fully saturated rings. The fourth-order valence-corrected chi connectivity index (χ4v) is 5.17. The molecule has 9 nitrogen and oxygen atoms in total. The number of carbonyl (C=O) groups excluding carboxylic acids is 1. The van der Waals surface area contributed by atoms with Gasteiger partial charge in [-0.1, -0.05) is 17.7 Å². The van der Waals surface area contributed by atoms with Crippen molar-refractivity contribution in [2.75, 3.05) is 39.3 Å². The standard InChI is InChI=1S/C21H26N4O5S/c1-16-2-4-19(5-3-16)31(29,30)25-12-10-23(11-13-25)15-18(14-22)20(26)24-8-6-17(7-9-24)21(27)28/h2-5,15,17H,6-13H2,1H3,(H,27,28)/b18-15-. The van der Waals surface area contributed by atoms with Crippen LogP contribution in [0, 0.1) is 24.2 Å². The number of piperidine rings is 1. The molecule has 1 amide bonds. The van der Waals surface area contributed by atoms with E-state index in [9.17, 15) is 23.3 Å². The highest BCUT2D eigenvalue weighted by Gasteiger charge is 2.30. The molecule has 2 saturated heterocycles. The number of aryl methyl sites for hydroxylation is 1. The van der Waals surface area contributed by atoms with E-state index >= 15 is 0 Å². The first-order valence-electron chi connectivity index (χ1n) is 10.2. The van der Waals surface area contributed by atoms with Crippen LogP contribution >= 0.6 is 0 Å². The molecule has 0 spiro atoms. The number of benzene rings is 1. The maximum Gasteiger partial charge on any atom is 0.306 e. The molecule has 2 aliphatic rings. The minimum absolute atomic E-state index is 0.0244. The summed E-state index contributed by atoms with van der Waals surface area (Å²) < 4.78 is 27.0. The molecule has 166 valence electrons. The van der Waals surface area contributed by atoms with E-state index in [2.05, 4.69) is 0 Å². The second-order valence-electron chi connectivity index (χ2n) is 7.81. The van der Waals surface area contributed by atoms with Crippen LogP contribution in [0.25, 0.3) is 0 Å². The van der Waals surface area contributed by atoms with Crippen LogP contribution in [-0.4, -0.2) is 78.8 Å². The molecule has 1 aromatic rings. The van der Waals surface area contributed by atoms with Crippen LogP contribution in [0.2, 0.25) is 0 Å². The number of amides is 1. The van der Waals surface area contributed by atoms with Crippen LogP contribution < -0.4 is 0 Å². The summed E-state index contributed by atoms with van der Waals surface area (Å²) in [6.45, 7) is 3.74. The highest BCUT2D eigenvalue weighted by atomic mass is 32.2. The monoisotopic (exact) mass is 446 g/mol. The second-order valence-corrected chi connectivity index (χ2v) is 9.75. The minimum atomic E-state index is -3.58. The Morgan fingerprint density at radius 1 is 1.06 bits per heavy atom. The van der Waals surface area contributed by atoms with Crippen molar-refractivity contribution in [2.24, 2.45) is 5.92 Å². The number of hydrogen-bond acceptors (Lipinski definition) is 6. The van der Waals surface area contributed by atoms with Crippen LogP contribution in [0.15, 0.2) is 40.9 Å². The molecule has 0 aliphatic carbocycles. The average Bonchev–Trinajstić information content (AvgIpc) is 2.77. The smallest absolute Gasteiger partial charge is 0.306 e. The van der Waals surface area contributed by atoms with Crippen LogP contribution in [0.5, 0.6) is 0 Å². The minimum Gasteiger partial charge on any atom is -0.481 e. The van der Waals surface area contributed by atoms with E-state index in [1.165, 1.54) is 15.4 Å². The zero-order valence-electron chi connectivity index (χ0n) is 17.4. The van der Waals surface area contributed by atoms with Gasteiger partial charge in [-0.2, -0.15) is 9.57 Å². The molecule has 0 unspecified atom stereocenters. The van der Waals surface area contributed by atoms with E-state index in [0.29, 0.717) is 39.0 Å². The van der Waals surface area contributed by atoms with Gasteiger partial charge in [-0.25, -0.2) is 8.42 Å². The van der Waals surface area contributed by atoms with Gasteiger partial charge in [0, 0.05) is 45.5 Å². The summed E-state index contributed by atoms with van der Waals surface area (Å²) in [6.07, 6.45) is 2.23. The zero-order chi connectivity index (χ0) is 22.6. The van der Waals surface area contributed by atoms with Gasteiger partial charge in [0.15, 0.2) is 0 Å². The first kappa shape index (κ1) is 22.8. The third-order valence-corrected chi connectivity index (χ3v) is 7.64. The lowest BCUT2D eigenvalue weighted by atomic mass is 9.97. The number of carbonyl (C=O) groups is 2. The second kappa shape index (κ2) is 9.49. The summed E-state index contributed by atoms with van der Waals surface area (Å²) in [5, 5.41) is 18.5. The van der Waals surface area contributed by atoms with Crippen LogP contribution in [-0.2, 0) is 19.6 Å². The van der Waals surface area contributed by atoms with Gasteiger partial charge in [0.1, 0.15) is 11.6 Å². The number of nitriles is 1. The first-order valence-corrected chi connectivity index (χ1v) is 11.6. The van der Waals surface area contributed by atoms with Gasteiger partial charge >= 0.3 is 5.97 Å². The Hall–Kier alpha value is -2.90. The van der Waals surface area contributed by atoms with Gasteiger partial charge in [0.2, 0.25) is 10.0 Å². The summed E-state index contributed by atoms with van der Waals surface area (Å²) in [5.74, 6) is -1.73. The van der Waals surface area contributed by atoms with Crippen LogP contribution in [0.1, 0.15) is 18.4 Å². The Kier molecular flexibility index (Phi) is 6.97. The fourth-order valence-electron chi connectivity index (χ4n) is 3.75. The Balaban J connectivity index is 1.60. The molecule has 0 saturated carbocycles. The Bertz CT molecular complexity index is 997. The molecular formula is C21H26N4O5S. The van der Waals surface area contributed by atoms with E-state index in [4.69, 9.17) is 5.11 Å². The van der Waals surface area contributed by atoms with Crippen molar-refractivity contribution in [3.05, 3.63) is 41.6 Å². The lowest BCUT2D eigenvalue weighted by Crippen LogP contribution is -2.47. The van der Waals surface area contributed by atoms with Crippen molar-refractivity contribution >= 4 is 21.9 Å². The van der Waals surface area contributed by atoms with Crippen LogP contribution in [0.3, 0.4) is 0 Å². The number of rotatable bonds is 5. The van der Waals surface area contributed by atoms with E-state index in [0.717, 1.165) is 5.56 Å². The number of sulfonamides is 1. The van der Waals surface area contributed by atoms with Crippen molar-refractivity contribution in [1.29, 1.82) is 5.26 Å². The maximum atomic E-state index is 12.8. The van der Waals surface area contributed by atoms with Crippen molar-refractivity contribution in [2.45, 2.75) is 24.7 Å². The van der Waals surface area contributed by atoms with Crippen molar-refractivity contribution in [3.63, 3.8) is 0 Å². The quantitative estimate of drug-likeness (QED) is 0.529. The lowest BCUT2D eigenvalue weighted by Gasteiger charge is -2.34. The van der Waals surface area contributed by atoms with E-state index in [1.807, 2.05) is 13.0 Å². The summed E-state index contributed by atoms with van der Waals surface area (Å²) in [6, 6.07) is 8.64. The molecular weight excluding hydrogens is 420 g/mol. The van der Waals surface area contributed by atoms with E-state index in [1.54, 1.807) is 29.2 Å². The Labute approximate surface area is 182 Å². The number of piperazine rings is 1. The van der Waals surface area contributed by atoms with Gasteiger partial charge in [-0.3, -0.25) is 9.59 Å². The van der Waals surface area contributed by atoms with E-state index in [-0.39, 0.29) is 23.6 Å². The SMILES string of the molecule is Cc1ccc(S(=O)(=O)N2CCN(/C=C(/C#N)C(=O)N3CCC(C(=O)O)CC3)CC2)cc1. The molecule has 1 N–H and O–H groups in total. The lowest BCUT2D eigenvalue weighted by molar-refractivity contribution is -0.145. The Morgan fingerprint density at radius 2 is 1.65 bits per heavy atom. The maximum absolute atomic E-state index is 12.8. The number of carboxylic acids is 1. The van der Waals surface area contributed by atoms with Gasteiger partial charge < -0.3 is 14.9 Å². The summed E-state index contributed by atoms with van der Waals surface area (Å²) in [4.78, 5) is 27.3. The third kappa shape index (κ3) is 5.24. The number of nitrogens with zero attached hydrogens (tertiary/aromatic N) is 4. The first-order chi connectivity index (χ1) is 14.7. The summed E-state index contributed by atoms with van der Waals surface area (Å²) >= 11 is 0. The zero-order valence-corrected chi connectivity index (χ0v) is 18.2. The predicted octanol–water partition coefficient (Wildman–Crippen LogP) is 1.03.